The van der Waals surface area contributed by atoms with Crippen LogP contribution in [-0.4, -0.2) is 10.4 Å². The van der Waals surface area contributed by atoms with E-state index in [0.717, 1.165) is 10.9 Å². The van der Waals surface area contributed by atoms with Crippen molar-refractivity contribution in [1.29, 1.82) is 0 Å². The standard InChI is InChI=1S/C20H18N2O/c23-20(18-9-5-2-6-10-18)16-22-13-11-19(12-14-22)21-15-17-7-3-1-4-8-17/h1-14H,15-16H2. The summed E-state index contributed by atoms with van der Waals surface area (Å²) in [4.78, 5) is 16.7. The molecule has 0 bridgehead atoms. The van der Waals surface area contributed by atoms with Gasteiger partial charge in [0.05, 0.1) is 18.4 Å². The van der Waals surface area contributed by atoms with Crippen LogP contribution in [0.15, 0.2) is 90.2 Å². The minimum Gasteiger partial charge on any atom is -0.346 e. The third-order valence-corrected chi connectivity index (χ3v) is 3.58. The van der Waals surface area contributed by atoms with E-state index < -0.39 is 0 Å². The van der Waals surface area contributed by atoms with Crippen LogP contribution in [0, 0.1) is 0 Å². The monoisotopic (exact) mass is 302 g/mol. The van der Waals surface area contributed by atoms with E-state index in [1.165, 1.54) is 5.56 Å². The minimum absolute atomic E-state index is 0.101. The van der Waals surface area contributed by atoms with E-state index in [9.17, 15) is 4.79 Å². The highest BCUT2D eigenvalue weighted by Gasteiger charge is 2.04. The summed E-state index contributed by atoms with van der Waals surface area (Å²) in [5.41, 5.74) is 1.92. The molecule has 0 amide bonds. The highest BCUT2D eigenvalue weighted by atomic mass is 16.1. The number of rotatable bonds is 5. The Balaban J connectivity index is 1.66. The second kappa shape index (κ2) is 7.36. The number of carbonyl (C=O) groups is 1. The van der Waals surface area contributed by atoms with Gasteiger partial charge in [0.2, 0.25) is 0 Å². The number of aromatic nitrogens is 1. The molecule has 0 fully saturated rings. The molecule has 0 aliphatic carbocycles. The number of hydrogen-bond acceptors (Lipinski definition) is 2. The lowest BCUT2D eigenvalue weighted by molar-refractivity contribution is 0.0972. The SMILES string of the molecule is O=C(Cn1ccc(=NCc2ccccc2)cc1)c1ccccc1. The van der Waals surface area contributed by atoms with Crippen molar-refractivity contribution in [2.45, 2.75) is 13.1 Å². The van der Waals surface area contributed by atoms with Gasteiger partial charge < -0.3 is 4.57 Å². The molecule has 0 saturated carbocycles. The molecule has 0 saturated heterocycles. The Bertz CT molecular complexity index is 816. The van der Waals surface area contributed by atoms with Crippen LogP contribution in [0.3, 0.4) is 0 Å². The summed E-state index contributed by atoms with van der Waals surface area (Å²) in [5.74, 6) is 0.101. The second-order valence-electron chi connectivity index (χ2n) is 5.32. The fourth-order valence-electron chi connectivity index (χ4n) is 2.31. The molecule has 0 N–H and O–H groups in total. The van der Waals surface area contributed by atoms with Crippen molar-refractivity contribution in [1.82, 2.24) is 4.57 Å². The number of hydrogen-bond donors (Lipinski definition) is 0. The van der Waals surface area contributed by atoms with Gasteiger partial charge in [-0.05, 0) is 17.7 Å². The number of nitrogens with zero attached hydrogens (tertiary/aromatic N) is 2. The lowest BCUT2D eigenvalue weighted by Crippen LogP contribution is -2.12. The minimum atomic E-state index is 0.101. The smallest absolute Gasteiger partial charge is 0.182 e. The van der Waals surface area contributed by atoms with Gasteiger partial charge in [0.25, 0.3) is 0 Å². The van der Waals surface area contributed by atoms with Crippen molar-refractivity contribution >= 4 is 5.78 Å². The van der Waals surface area contributed by atoms with Crippen LogP contribution in [0.25, 0.3) is 0 Å². The first kappa shape index (κ1) is 15.0. The molecule has 2 aromatic carbocycles. The molecule has 114 valence electrons. The van der Waals surface area contributed by atoms with Crippen molar-refractivity contribution < 1.29 is 4.79 Å². The zero-order valence-corrected chi connectivity index (χ0v) is 12.8. The summed E-state index contributed by atoms with van der Waals surface area (Å²) in [6.45, 7) is 0.997. The van der Waals surface area contributed by atoms with Gasteiger partial charge >= 0.3 is 0 Å². The molecule has 1 aromatic heterocycles. The van der Waals surface area contributed by atoms with Crippen molar-refractivity contribution in [3.8, 4) is 0 Å². The van der Waals surface area contributed by atoms with Crippen LogP contribution in [-0.2, 0) is 13.1 Å². The molecule has 3 nitrogen and oxygen atoms in total. The normalized spacial score (nSPS) is 10.3. The number of Topliss-reactive ketones (excluding diaryl/α,β-unsaturated/α-hetero) is 1. The summed E-state index contributed by atoms with van der Waals surface area (Å²) in [5, 5.41) is 0.914. The molecule has 3 aromatic rings. The first-order chi connectivity index (χ1) is 11.3. The predicted molar refractivity (Wildman–Crippen MR) is 90.9 cm³/mol. The Morgan fingerprint density at radius 2 is 1.43 bits per heavy atom. The van der Waals surface area contributed by atoms with Gasteiger partial charge in [-0.25, -0.2) is 0 Å². The van der Waals surface area contributed by atoms with Gasteiger partial charge in [-0.15, -0.1) is 0 Å². The van der Waals surface area contributed by atoms with Gasteiger partial charge in [-0.3, -0.25) is 9.79 Å². The highest BCUT2D eigenvalue weighted by molar-refractivity contribution is 5.95. The largest absolute Gasteiger partial charge is 0.346 e. The number of ketones is 1. The average Bonchev–Trinajstić information content (AvgIpc) is 2.63. The Morgan fingerprint density at radius 3 is 2.09 bits per heavy atom. The lowest BCUT2D eigenvalue weighted by Gasteiger charge is -2.05. The summed E-state index contributed by atoms with van der Waals surface area (Å²) in [6, 6.07) is 23.4. The maximum absolute atomic E-state index is 12.2. The average molecular weight is 302 g/mol. The molecule has 23 heavy (non-hydrogen) atoms. The van der Waals surface area contributed by atoms with Gasteiger partial charge in [0, 0.05) is 18.0 Å². The zero-order chi connectivity index (χ0) is 15.9. The number of pyridine rings is 1. The fourth-order valence-corrected chi connectivity index (χ4v) is 2.31. The molecule has 0 atom stereocenters. The summed E-state index contributed by atoms with van der Waals surface area (Å²) in [6.07, 6.45) is 3.79. The molecule has 3 rings (SSSR count). The Labute approximate surface area is 135 Å². The lowest BCUT2D eigenvalue weighted by atomic mass is 10.1. The van der Waals surface area contributed by atoms with E-state index in [1.54, 1.807) is 0 Å². The summed E-state index contributed by atoms with van der Waals surface area (Å²) in [7, 11) is 0. The molecule has 0 spiro atoms. The van der Waals surface area contributed by atoms with Crippen molar-refractivity contribution in [3.05, 3.63) is 102 Å². The van der Waals surface area contributed by atoms with Crippen molar-refractivity contribution in [3.63, 3.8) is 0 Å². The number of carbonyl (C=O) groups excluding carboxylic acids is 1. The quantitative estimate of drug-likeness (QED) is 0.665. The van der Waals surface area contributed by atoms with Gasteiger partial charge in [-0.2, -0.15) is 0 Å². The molecule has 3 heteroatoms. The second-order valence-corrected chi connectivity index (χ2v) is 5.32. The van der Waals surface area contributed by atoms with E-state index in [2.05, 4.69) is 17.1 Å². The topological polar surface area (TPSA) is 34.4 Å². The van der Waals surface area contributed by atoms with Crippen LogP contribution < -0.4 is 5.36 Å². The predicted octanol–water partition coefficient (Wildman–Crippen LogP) is 3.47. The van der Waals surface area contributed by atoms with Crippen molar-refractivity contribution in [2.24, 2.45) is 4.99 Å². The van der Waals surface area contributed by atoms with E-state index in [-0.39, 0.29) is 5.78 Å². The van der Waals surface area contributed by atoms with E-state index in [1.807, 2.05) is 77.6 Å². The first-order valence-corrected chi connectivity index (χ1v) is 7.60. The number of benzene rings is 2. The van der Waals surface area contributed by atoms with E-state index >= 15 is 0 Å². The summed E-state index contributed by atoms with van der Waals surface area (Å²) >= 11 is 0. The van der Waals surface area contributed by atoms with Crippen LogP contribution in [0.2, 0.25) is 0 Å². The highest BCUT2D eigenvalue weighted by Crippen LogP contribution is 2.02. The zero-order valence-electron chi connectivity index (χ0n) is 12.8. The van der Waals surface area contributed by atoms with Crippen LogP contribution in [0.4, 0.5) is 0 Å². The Morgan fingerprint density at radius 1 is 0.826 bits per heavy atom. The van der Waals surface area contributed by atoms with Crippen molar-refractivity contribution in [2.75, 3.05) is 0 Å². The van der Waals surface area contributed by atoms with E-state index in [4.69, 9.17) is 0 Å². The molecule has 0 aliphatic heterocycles. The van der Waals surface area contributed by atoms with Crippen LogP contribution >= 0.6 is 0 Å². The van der Waals surface area contributed by atoms with Gasteiger partial charge in [0.1, 0.15) is 0 Å². The molecule has 0 aliphatic rings. The fraction of sp³-hybridized carbons (Fsp3) is 0.100. The maximum atomic E-state index is 12.2. The molecule has 1 heterocycles. The van der Waals surface area contributed by atoms with Gasteiger partial charge in [0.15, 0.2) is 5.78 Å². The molecular formula is C20H18N2O. The Kier molecular flexibility index (Phi) is 4.79. The first-order valence-electron chi connectivity index (χ1n) is 7.60. The van der Waals surface area contributed by atoms with Crippen LogP contribution in [0.1, 0.15) is 15.9 Å². The third kappa shape index (κ3) is 4.27. The summed E-state index contributed by atoms with van der Waals surface area (Å²) < 4.78 is 1.87. The molecule has 0 radical (unpaired) electrons. The molecular weight excluding hydrogens is 284 g/mol. The van der Waals surface area contributed by atoms with Gasteiger partial charge in [-0.1, -0.05) is 60.7 Å². The third-order valence-electron chi connectivity index (χ3n) is 3.58. The Hall–Kier alpha value is -2.94. The van der Waals surface area contributed by atoms with E-state index in [0.29, 0.717) is 13.1 Å². The van der Waals surface area contributed by atoms with Crippen LogP contribution in [0.5, 0.6) is 0 Å². The maximum Gasteiger partial charge on any atom is 0.182 e. The molecule has 0 unspecified atom stereocenters.